The standard InChI is InChI=1S/C34H45FN4O8Si/c1-19-30(48(4,5)35)28(16-29(43)38-14-6-7-25(38)18-40)47-34(19)26-15-24(37-32(45)21(3)42)12-13-27(26)39(33(34)46)17-22-8-10-23(11-9-22)36-31(44)20(2)41/h8-13,15,19-21,25,28,30,40-42H,6-7,14,16-18H2,1-5H3,(H,36,44)(H,37,45)/t19-,20+,21+,25+,28+,30-,34+/m1/s1. The van der Waals surface area contributed by atoms with Crippen LogP contribution in [0.1, 0.15) is 51.2 Å². The van der Waals surface area contributed by atoms with Gasteiger partial charge in [-0.15, -0.1) is 0 Å². The lowest BCUT2D eigenvalue weighted by Gasteiger charge is -2.31. The Kier molecular flexibility index (Phi) is 10.1. The minimum absolute atomic E-state index is 0.102. The highest BCUT2D eigenvalue weighted by Gasteiger charge is 2.67. The second kappa shape index (κ2) is 13.7. The molecule has 1 spiro atoms. The van der Waals surface area contributed by atoms with Crippen molar-refractivity contribution in [3.8, 4) is 0 Å². The monoisotopic (exact) mass is 684 g/mol. The van der Waals surface area contributed by atoms with E-state index in [0.29, 0.717) is 41.2 Å². The first-order valence-electron chi connectivity index (χ1n) is 16.4. The van der Waals surface area contributed by atoms with Crippen LogP contribution in [0.5, 0.6) is 0 Å². The number of anilines is 3. The van der Waals surface area contributed by atoms with Crippen LogP contribution in [0.25, 0.3) is 0 Å². The van der Waals surface area contributed by atoms with Crippen molar-refractivity contribution in [2.75, 3.05) is 28.7 Å². The number of rotatable bonds is 10. The van der Waals surface area contributed by atoms with Crippen molar-refractivity contribution in [1.29, 1.82) is 0 Å². The summed E-state index contributed by atoms with van der Waals surface area (Å²) in [6.45, 7) is 8.00. The molecule has 14 heteroatoms. The molecule has 0 radical (unpaired) electrons. The van der Waals surface area contributed by atoms with Gasteiger partial charge < -0.3 is 44.6 Å². The van der Waals surface area contributed by atoms with E-state index in [9.17, 15) is 34.5 Å². The molecule has 0 unspecified atom stereocenters. The number of carbonyl (C=O) groups excluding carboxylic acids is 4. The molecule has 2 fully saturated rings. The number of carbonyl (C=O) groups is 4. The Bertz CT molecular complexity index is 1570. The molecule has 0 aromatic heterocycles. The molecule has 3 aliphatic rings. The number of ether oxygens (including phenoxy) is 1. The summed E-state index contributed by atoms with van der Waals surface area (Å²) in [5.74, 6) is -2.57. The second-order valence-corrected chi connectivity index (χ2v) is 17.5. The first kappa shape index (κ1) is 35.6. The van der Waals surface area contributed by atoms with E-state index < -0.39 is 61.5 Å². The summed E-state index contributed by atoms with van der Waals surface area (Å²) in [5.41, 5.74) is 0.0198. The Balaban J connectivity index is 1.53. The molecule has 12 nitrogen and oxygen atoms in total. The fourth-order valence-electron chi connectivity index (χ4n) is 7.49. The van der Waals surface area contributed by atoms with E-state index >= 15 is 4.11 Å². The first-order valence-corrected chi connectivity index (χ1v) is 19.3. The Morgan fingerprint density at radius 1 is 1.04 bits per heavy atom. The number of halogens is 1. The molecule has 260 valence electrons. The van der Waals surface area contributed by atoms with Gasteiger partial charge in [0, 0.05) is 34.9 Å². The van der Waals surface area contributed by atoms with E-state index in [-0.39, 0.29) is 31.5 Å². The largest absolute Gasteiger partial charge is 0.394 e. The Morgan fingerprint density at radius 2 is 1.65 bits per heavy atom. The number of benzene rings is 2. The van der Waals surface area contributed by atoms with Crippen LogP contribution in [0.4, 0.5) is 21.2 Å². The molecule has 0 bridgehead atoms. The van der Waals surface area contributed by atoms with Gasteiger partial charge in [-0.25, -0.2) is 0 Å². The van der Waals surface area contributed by atoms with Gasteiger partial charge >= 0.3 is 0 Å². The van der Waals surface area contributed by atoms with Crippen molar-refractivity contribution >= 4 is 49.1 Å². The second-order valence-electron chi connectivity index (χ2n) is 13.7. The summed E-state index contributed by atoms with van der Waals surface area (Å²) in [4.78, 5) is 55.8. The smallest absolute Gasteiger partial charge is 0.264 e. The molecule has 2 saturated heterocycles. The van der Waals surface area contributed by atoms with Crippen LogP contribution < -0.4 is 15.5 Å². The molecule has 2 aromatic carbocycles. The fourth-order valence-corrected chi connectivity index (χ4v) is 9.99. The summed E-state index contributed by atoms with van der Waals surface area (Å²) >= 11 is 0. The van der Waals surface area contributed by atoms with Gasteiger partial charge in [0.1, 0.15) is 12.2 Å². The molecular weight excluding hydrogens is 639 g/mol. The SMILES string of the molecule is C[C@H](O)C(=O)Nc1ccc(CN2C(=O)[C@@]3(O[C@@H](CC(=O)N4CCC[C@H]4CO)[C@H]([Si](C)(C)F)[C@H]3C)c3cc(NC(=O)[C@H](C)O)ccc32)cc1. The minimum Gasteiger partial charge on any atom is -0.394 e. The highest BCUT2D eigenvalue weighted by atomic mass is 28.4. The number of amides is 4. The van der Waals surface area contributed by atoms with Gasteiger partial charge in [-0.1, -0.05) is 19.1 Å². The highest BCUT2D eigenvalue weighted by molar-refractivity contribution is 6.72. The van der Waals surface area contributed by atoms with Crippen molar-refractivity contribution in [2.45, 2.75) is 95.2 Å². The molecule has 0 aliphatic carbocycles. The molecule has 3 heterocycles. The van der Waals surface area contributed by atoms with Crippen LogP contribution in [-0.4, -0.2) is 89.8 Å². The average molecular weight is 685 g/mol. The van der Waals surface area contributed by atoms with Gasteiger partial charge in [-0.05, 0) is 75.7 Å². The third kappa shape index (κ3) is 6.63. The van der Waals surface area contributed by atoms with Crippen molar-refractivity contribution in [1.82, 2.24) is 4.90 Å². The third-order valence-corrected chi connectivity index (χ3v) is 12.3. The van der Waals surface area contributed by atoms with Crippen LogP contribution in [-0.2, 0) is 36.1 Å². The lowest BCUT2D eigenvalue weighted by molar-refractivity contribution is -0.150. The minimum atomic E-state index is -3.58. The molecule has 5 rings (SSSR count). The zero-order chi connectivity index (χ0) is 35.1. The maximum absolute atomic E-state index is 16.3. The summed E-state index contributed by atoms with van der Waals surface area (Å²) in [7, 11) is -3.58. The van der Waals surface area contributed by atoms with E-state index in [2.05, 4.69) is 10.6 Å². The van der Waals surface area contributed by atoms with Gasteiger partial charge in [0.2, 0.25) is 14.3 Å². The van der Waals surface area contributed by atoms with Crippen LogP contribution in [0.3, 0.4) is 0 Å². The van der Waals surface area contributed by atoms with E-state index in [4.69, 9.17) is 4.74 Å². The number of aliphatic hydroxyl groups excluding tert-OH is 3. The molecule has 0 saturated carbocycles. The van der Waals surface area contributed by atoms with E-state index in [1.807, 2.05) is 0 Å². The Hall–Kier alpha value is -3.69. The molecule has 4 amide bonds. The summed E-state index contributed by atoms with van der Waals surface area (Å²) < 4.78 is 23.0. The predicted molar refractivity (Wildman–Crippen MR) is 179 cm³/mol. The maximum atomic E-state index is 16.3. The summed E-state index contributed by atoms with van der Waals surface area (Å²) in [6.07, 6.45) is -2.10. The van der Waals surface area contributed by atoms with Crippen molar-refractivity contribution in [3.05, 3.63) is 53.6 Å². The quantitative estimate of drug-likeness (QED) is 0.188. The number of nitrogens with zero attached hydrogens (tertiary/aromatic N) is 2. The van der Waals surface area contributed by atoms with E-state index in [1.54, 1.807) is 72.3 Å². The number of aliphatic hydroxyl groups is 3. The normalized spacial score (nSPS) is 26.5. The summed E-state index contributed by atoms with van der Waals surface area (Å²) in [5, 5.41) is 34.4. The van der Waals surface area contributed by atoms with Crippen LogP contribution in [0.15, 0.2) is 42.5 Å². The van der Waals surface area contributed by atoms with Crippen LogP contribution in [0.2, 0.25) is 18.6 Å². The lowest BCUT2D eigenvalue weighted by atomic mass is 9.82. The topological polar surface area (TPSA) is 169 Å². The zero-order valence-electron chi connectivity index (χ0n) is 27.9. The number of likely N-dealkylation sites (tertiary alicyclic amines) is 1. The first-order chi connectivity index (χ1) is 22.6. The van der Waals surface area contributed by atoms with Crippen molar-refractivity contribution in [3.63, 3.8) is 0 Å². The highest BCUT2D eigenvalue weighted by Crippen LogP contribution is 2.60. The Labute approximate surface area is 280 Å². The van der Waals surface area contributed by atoms with E-state index in [1.165, 1.54) is 13.8 Å². The number of fused-ring (bicyclic) bond motifs is 2. The molecule has 48 heavy (non-hydrogen) atoms. The summed E-state index contributed by atoms with van der Waals surface area (Å²) in [6, 6.07) is 11.4. The molecule has 7 atom stereocenters. The maximum Gasteiger partial charge on any atom is 0.264 e. The van der Waals surface area contributed by atoms with Gasteiger partial charge in [0.25, 0.3) is 17.7 Å². The average Bonchev–Trinajstić information content (AvgIpc) is 3.68. The molecule has 2 aromatic rings. The number of nitrogens with one attached hydrogen (secondary N) is 2. The number of hydrogen-bond donors (Lipinski definition) is 5. The Morgan fingerprint density at radius 3 is 2.23 bits per heavy atom. The lowest BCUT2D eigenvalue weighted by Crippen LogP contribution is -2.45. The molecular formula is C34H45FN4O8Si. The molecule has 5 N–H and O–H groups in total. The van der Waals surface area contributed by atoms with Gasteiger partial charge in [0.15, 0.2) is 5.60 Å². The van der Waals surface area contributed by atoms with Crippen LogP contribution >= 0.6 is 0 Å². The van der Waals surface area contributed by atoms with Crippen molar-refractivity contribution < 1.29 is 43.3 Å². The van der Waals surface area contributed by atoms with Crippen LogP contribution in [0, 0.1) is 5.92 Å². The van der Waals surface area contributed by atoms with Crippen molar-refractivity contribution in [2.24, 2.45) is 5.92 Å². The van der Waals surface area contributed by atoms with Gasteiger partial charge in [0.05, 0.1) is 37.4 Å². The fraction of sp³-hybridized carbons (Fsp3) is 0.529. The van der Waals surface area contributed by atoms with Gasteiger partial charge in [-0.2, -0.15) is 0 Å². The number of hydrogen-bond acceptors (Lipinski definition) is 8. The zero-order valence-corrected chi connectivity index (χ0v) is 28.9. The molecule has 3 aliphatic heterocycles. The van der Waals surface area contributed by atoms with Gasteiger partial charge in [-0.3, -0.25) is 19.2 Å². The predicted octanol–water partition coefficient (Wildman–Crippen LogP) is 3.02. The third-order valence-electron chi connectivity index (χ3n) is 9.83. The van der Waals surface area contributed by atoms with E-state index in [0.717, 1.165) is 6.42 Å².